The smallest absolute Gasteiger partial charge is 0.416 e. The topological polar surface area (TPSA) is 45.5 Å². The maximum Gasteiger partial charge on any atom is 0.416 e. The van der Waals surface area contributed by atoms with Crippen molar-refractivity contribution in [3.63, 3.8) is 0 Å². The van der Waals surface area contributed by atoms with Crippen molar-refractivity contribution in [3.8, 4) is 0 Å². The van der Waals surface area contributed by atoms with Gasteiger partial charge in [-0.15, -0.1) is 11.3 Å². The third kappa shape index (κ3) is 4.61. The number of nitrogens with one attached hydrogen (secondary N) is 1. The lowest BCUT2D eigenvalue weighted by Gasteiger charge is -2.36. The molecular weight excluding hydrogens is 437 g/mol. The largest absolute Gasteiger partial charge is 0.459 e. The number of rotatable bonds is 5. The van der Waals surface area contributed by atoms with E-state index in [1.807, 2.05) is 13.8 Å². The van der Waals surface area contributed by atoms with Crippen molar-refractivity contribution in [3.05, 3.63) is 75.6 Å². The van der Waals surface area contributed by atoms with E-state index in [9.17, 15) is 18.0 Å². The summed E-state index contributed by atoms with van der Waals surface area (Å²) in [6.45, 7) is 5.70. The molecule has 1 amide bonds. The minimum absolute atomic E-state index is 0.212. The Balaban J connectivity index is 1.77. The SMILES string of the molecule is Cc1sc(NC(=O)c2ccco2)c(C(c2ccc(C(F)(F)F)cc2)N2CCCCC2)c1C. The highest BCUT2D eigenvalue weighted by atomic mass is 32.1. The van der Waals surface area contributed by atoms with E-state index in [1.54, 1.807) is 24.3 Å². The lowest BCUT2D eigenvalue weighted by Crippen LogP contribution is -2.35. The second kappa shape index (κ2) is 9.11. The number of halogens is 3. The van der Waals surface area contributed by atoms with Crippen molar-refractivity contribution in [1.29, 1.82) is 0 Å². The summed E-state index contributed by atoms with van der Waals surface area (Å²) in [7, 11) is 0. The Morgan fingerprint density at radius 2 is 1.78 bits per heavy atom. The summed E-state index contributed by atoms with van der Waals surface area (Å²) in [5.41, 5.74) is 2.10. The maximum absolute atomic E-state index is 13.1. The quantitative estimate of drug-likeness (QED) is 0.453. The number of hydrogen-bond acceptors (Lipinski definition) is 4. The van der Waals surface area contributed by atoms with Crippen molar-refractivity contribution in [1.82, 2.24) is 4.90 Å². The number of piperidine rings is 1. The molecule has 3 aromatic rings. The van der Waals surface area contributed by atoms with Crippen LogP contribution in [0.2, 0.25) is 0 Å². The molecular formula is C24H25F3N2O2S. The minimum Gasteiger partial charge on any atom is -0.459 e. The van der Waals surface area contributed by atoms with E-state index in [2.05, 4.69) is 10.2 Å². The van der Waals surface area contributed by atoms with E-state index in [0.29, 0.717) is 5.00 Å². The second-order valence-electron chi connectivity index (χ2n) is 8.08. The van der Waals surface area contributed by atoms with Gasteiger partial charge in [0.05, 0.1) is 17.9 Å². The van der Waals surface area contributed by atoms with Crippen LogP contribution in [0.25, 0.3) is 0 Å². The lowest BCUT2D eigenvalue weighted by atomic mass is 9.92. The molecule has 170 valence electrons. The number of benzene rings is 1. The molecule has 0 saturated carbocycles. The minimum atomic E-state index is -4.38. The van der Waals surface area contributed by atoms with Gasteiger partial charge in [-0.25, -0.2) is 0 Å². The van der Waals surface area contributed by atoms with Crippen LogP contribution in [-0.2, 0) is 6.18 Å². The molecule has 8 heteroatoms. The molecule has 2 aromatic heterocycles. The van der Waals surface area contributed by atoms with Gasteiger partial charge < -0.3 is 9.73 Å². The van der Waals surface area contributed by atoms with Crippen molar-refractivity contribution in [2.45, 2.75) is 45.3 Å². The normalized spacial score (nSPS) is 16.2. The number of thiophene rings is 1. The molecule has 0 bridgehead atoms. The Kier molecular flexibility index (Phi) is 6.44. The Hall–Kier alpha value is -2.58. The van der Waals surface area contributed by atoms with E-state index >= 15 is 0 Å². The lowest BCUT2D eigenvalue weighted by molar-refractivity contribution is -0.137. The predicted octanol–water partition coefficient (Wildman–Crippen LogP) is 6.80. The van der Waals surface area contributed by atoms with Crippen LogP contribution in [0.5, 0.6) is 0 Å². The maximum atomic E-state index is 13.1. The zero-order valence-corrected chi connectivity index (χ0v) is 18.8. The Labute approximate surface area is 189 Å². The number of amides is 1. The monoisotopic (exact) mass is 462 g/mol. The number of alkyl halides is 3. The fourth-order valence-electron chi connectivity index (χ4n) is 4.23. The van der Waals surface area contributed by atoms with Gasteiger partial charge in [0.1, 0.15) is 5.00 Å². The Morgan fingerprint density at radius 1 is 1.09 bits per heavy atom. The molecule has 0 spiro atoms. The summed E-state index contributed by atoms with van der Waals surface area (Å²) in [4.78, 5) is 16.1. The van der Waals surface area contributed by atoms with Crippen LogP contribution in [-0.4, -0.2) is 23.9 Å². The van der Waals surface area contributed by atoms with Gasteiger partial charge in [-0.3, -0.25) is 9.69 Å². The van der Waals surface area contributed by atoms with Crippen LogP contribution in [0.4, 0.5) is 18.2 Å². The number of likely N-dealkylation sites (tertiary alicyclic amines) is 1. The summed E-state index contributed by atoms with van der Waals surface area (Å²) in [5.74, 6) is -0.133. The number of aryl methyl sites for hydroxylation is 1. The van der Waals surface area contributed by atoms with Gasteiger partial charge in [-0.2, -0.15) is 13.2 Å². The van der Waals surface area contributed by atoms with Gasteiger partial charge in [0.25, 0.3) is 5.91 Å². The van der Waals surface area contributed by atoms with Gasteiger partial charge in [0, 0.05) is 10.4 Å². The van der Waals surface area contributed by atoms with Crippen LogP contribution in [0.1, 0.15) is 63.0 Å². The fourth-order valence-corrected chi connectivity index (χ4v) is 5.32. The van der Waals surface area contributed by atoms with Crippen LogP contribution < -0.4 is 5.32 Å². The first kappa shape index (κ1) is 22.6. The number of nitrogens with zero attached hydrogens (tertiary/aromatic N) is 1. The molecule has 1 unspecified atom stereocenters. The molecule has 1 aliphatic rings. The van der Waals surface area contributed by atoms with Gasteiger partial charge in [0.15, 0.2) is 5.76 Å². The van der Waals surface area contributed by atoms with E-state index < -0.39 is 11.7 Å². The van der Waals surface area contributed by atoms with Crippen molar-refractivity contribution in [2.24, 2.45) is 0 Å². The molecule has 4 nitrogen and oxygen atoms in total. The number of hydrogen-bond donors (Lipinski definition) is 1. The van der Waals surface area contributed by atoms with Crippen LogP contribution in [0.15, 0.2) is 47.1 Å². The highest BCUT2D eigenvalue weighted by molar-refractivity contribution is 7.16. The third-order valence-electron chi connectivity index (χ3n) is 5.99. The first-order chi connectivity index (χ1) is 15.3. The van der Waals surface area contributed by atoms with Crippen molar-refractivity contribution in [2.75, 3.05) is 18.4 Å². The summed E-state index contributed by atoms with van der Waals surface area (Å²) < 4.78 is 44.7. The predicted molar refractivity (Wildman–Crippen MR) is 119 cm³/mol. The standard InChI is InChI=1S/C24H25F3N2O2S/c1-15-16(2)32-23(28-22(30)19-7-6-14-31-19)20(15)21(29-12-4-3-5-13-29)17-8-10-18(11-9-17)24(25,26)27/h6-11,14,21H,3-5,12-13H2,1-2H3,(H,28,30). The van der Waals surface area contributed by atoms with Crippen LogP contribution in [0, 0.1) is 13.8 Å². The first-order valence-corrected chi connectivity index (χ1v) is 11.4. The van der Waals surface area contributed by atoms with Crippen LogP contribution >= 0.6 is 11.3 Å². The van der Waals surface area contributed by atoms with E-state index in [0.717, 1.165) is 66.1 Å². The number of anilines is 1. The van der Waals surface area contributed by atoms with Crippen LogP contribution in [0.3, 0.4) is 0 Å². The fraction of sp³-hybridized carbons (Fsp3) is 0.375. The average molecular weight is 463 g/mol. The highest BCUT2D eigenvalue weighted by Crippen LogP contribution is 2.43. The summed E-state index contributed by atoms with van der Waals surface area (Å²) in [6, 6.07) is 8.41. The molecule has 1 N–H and O–H groups in total. The number of carbonyl (C=O) groups is 1. The number of carbonyl (C=O) groups excluding carboxylic acids is 1. The molecule has 0 radical (unpaired) electrons. The van der Waals surface area contributed by atoms with Gasteiger partial charge in [-0.05, 0) is 75.2 Å². The highest BCUT2D eigenvalue weighted by Gasteiger charge is 2.33. The summed E-state index contributed by atoms with van der Waals surface area (Å²) in [5, 5.41) is 3.68. The first-order valence-electron chi connectivity index (χ1n) is 10.6. The third-order valence-corrected chi connectivity index (χ3v) is 7.13. The van der Waals surface area contributed by atoms with E-state index in [1.165, 1.54) is 17.6 Å². The molecule has 0 aliphatic carbocycles. The summed E-state index contributed by atoms with van der Waals surface area (Å²) >= 11 is 1.48. The molecule has 1 aromatic carbocycles. The molecule has 3 heterocycles. The molecule has 1 saturated heterocycles. The average Bonchev–Trinajstić information content (AvgIpc) is 3.39. The Morgan fingerprint density at radius 3 is 2.38 bits per heavy atom. The van der Waals surface area contributed by atoms with Crippen molar-refractivity contribution >= 4 is 22.2 Å². The molecule has 32 heavy (non-hydrogen) atoms. The Bertz CT molecular complexity index is 1070. The van der Waals surface area contributed by atoms with Gasteiger partial charge >= 0.3 is 6.18 Å². The number of furan rings is 1. The molecule has 4 rings (SSSR count). The molecule has 1 fully saturated rings. The van der Waals surface area contributed by atoms with E-state index in [-0.39, 0.29) is 17.7 Å². The van der Waals surface area contributed by atoms with Crippen molar-refractivity contribution < 1.29 is 22.4 Å². The zero-order valence-electron chi connectivity index (χ0n) is 18.0. The van der Waals surface area contributed by atoms with Gasteiger partial charge in [-0.1, -0.05) is 18.6 Å². The zero-order chi connectivity index (χ0) is 22.9. The second-order valence-corrected chi connectivity index (χ2v) is 9.30. The van der Waals surface area contributed by atoms with Gasteiger partial charge in [0.2, 0.25) is 0 Å². The van der Waals surface area contributed by atoms with E-state index in [4.69, 9.17) is 4.42 Å². The summed E-state index contributed by atoms with van der Waals surface area (Å²) in [6.07, 6.45) is 0.274. The molecule has 1 atom stereocenters. The molecule has 1 aliphatic heterocycles.